The summed E-state index contributed by atoms with van der Waals surface area (Å²) in [7, 11) is 0. The van der Waals surface area contributed by atoms with Crippen molar-refractivity contribution < 1.29 is 0 Å². The van der Waals surface area contributed by atoms with E-state index in [1.54, 1.807) is 0 Å². The summed E-state index contributed by atoms with van der Waals surface area (Å²) in [5.74, 6) is 0. The molecule has 2 nitrogen and oxygen atoms in total. The second kappa shape index (κ2) is 6.95. The van der Waals surface area contributed by atoms with Gasteiger partial charge in [-0.1, -0.05) is 6.92 Å². The van der Waals surface area contributed by atoms with E-state index in [0.29, 0.717) is 6.04 Å². The van der Waals surface area contributed by atoms with E-state index in [9.17, 15) is 0 Å². The van der Waals surface area contributed by atoms with Crippen molar-refractivity contribution in [3.8, 4) is 0 Å². The Morgan fingerprint density at radius 1 is 1.45 bits per heavy atom. The first-order valence-corrected chi connectivity index (χ1v) is 5.45. The molecule has 0 spiro atoms. The van der Waals surface area contributed by atoms with Crippen molar-refractivity contribution in [1.29, 1.82) is 0 Å². The molecule has 0 aliphatic rings. The maximum atomic E-state index is 5.45. The van der Waals surface area contributed by atoms with Gasteiger partial charge in [0.15, 0.2) is 0 Å². The summed E-state index contributed by atoms with van der Waals surface area (Å²) < 4.78 is 0. The van der Waals surface area contributed by atoms with Gasteiger partial charge >= 0.3 is 0 Å². The average molecular weight is 176 g/mol. The summed E-state index contributed by atoms with van der Waals surface area (Å²) in [6, 6.07) is 0.462. The molecule has 0 aromatic rings. The van der Waals surface area contributed by atoms with E-state index in [4.69, 9.17) is 5.73 Å². The zero-order valence-corrected chi connectivity index (χ0v) is 8.58. The molecule has 2 atom stereocenters. The third-order valence-electron chi connectivity index (χ3n) is 1.80. The van der Waals surface area contributed by atoms with E-state index in [1.807, 2.05) is 11.8 Å². The molecular formula is C8H20N2S. The molecular weight excluding hydrogens is 156 g/mol. The topological polar surface area (TPSA) is 38.0 Å². The van der Waals surface area contributed by atoms with E-state index in [1.165, 1.54) is 6.42 Å². The van der Waals surface area contributed by atoms with Crippen LogP contribution in [0.25, 0.3) is 0 Å². The van der Waals surface area contributed by atoms with E-state index >= 15 is 0 Å². The van der Waals surface area contributed by atoms with Gasteiger partial charge in [-0.2, -0.15) is 11.8 Å². The van der Waals surface area contributed by atoms with Gasteiger partial charge in [-0.25, -0.2) is 0 Å². The van der Waals surface area contributed by atoms with Gasteiger partial charge < -0.3 is 11.1 Å². The van der Waals surface area contributed by atoms with Gasteiger partial charge in [0.05, 0.1) is 0 Å². The molecule has 0 bridgehead atoms. The van der Waals surface area contributed by atoms with Gasteiger partial charge in [-0.3, -0.25) is 0 Å². The third-order valence-corrected chi connectivity index (χ3v) is 2.84. The fraction of sp³-hybridized carbons (Fsp3) is 1.00. The minimum atomic E-state index is 0.462. The fourth-order valence-corrected chi connectivity index (χ4v) is 1.09. The van der Waals surface area contributed by atoms with E-state index in [2.05, 4.69) is 25.4 Å². The molecule has 0 rings (SSSR count). The van der Waals surface area contributed by atoms with Gasteiger partial charge in [0.1, 0.15) is 0 Å². The van der Waals surface area contributed by atoms with Crippen LogP contribution in [0.1, 0.15) is 20.3 Å². The van der Waals surface area contributed by atoms with Crippen LogP contribution >= 0.6 is 11.8 Å². The lowest BCUT2D eigenvalue weighted by molar-refractivity contribution is 0.543. The SMILES string of the molecule is CSC(C)CCNC(C)CN. The van der Waals surface area contributed by atoms with Gasteiger partial charge in [-0.15, -0.1) is 0 Å². The molecule has 0 heterocycles. The number of nitrogens with one attached hydrogen (secondary N) is 1. The molecule has 0 aromatic heterocycles. The second-order valence-electron chi connectivity index (χ2n) is 2.93. The minimum Gasteiger partial charge on any atom is -0.329 e. The summed E-state index contributed by atoms with van der Waals surface area (Å²) >= 11 is 1.91. The normalized spacial score (nSPS) is 16.4. The molecule has 0 saturated carbocycles. The van der Waals surface area contributed by atoms with Crippen LogP contribution in [-0.2, 0) is 0 Å². The smallest absolute Gasteiger partial charge is 0.0161 e. The lowest BCUT2D eigenvalue weighted by Crippen LogP contribution is -2.34. The number of rotatable bonds is 6. The van der Waals surface area contributed by atoms with Gasteiger partial charge in [0, 0.05) is 17.8 Å². The van der Waals surface area contributed by atoms with E-state index < -0.39 is 0 Å². The van der Waals surface area contributed by atoms with Crippen LogP contribution in [-0.4, -0.2) is 30.6 Å². The quantitative estimate of drug-likeness (QED) is 0.635. The minimum absolute atomic E-state index is 0.462. The molecule has 0 aliphatic carbocycles. The van der Waals surface area contributed by atoms with Crippen LogP contribution in [0.4, 0.5) is 0 Å². The molecule has 0 saturated heterocycles. The lowest BCUT2D eigenvalue weighted by atomic mass is 10.3. The fourth-order valence-electron chi connectivity index (χ4n) is 0.734. The Morgan fingerprint density at radius 2 is 2.09 bits per heavy atom. The summed E-state index contributed by atoms with van der Waals surface area (Å²) in [4.78, 5) is 0. The van der Waals surface area contributed by atoms with Crippen LogP contribution in [0.5, 0.6) is 0 Å². The van der Waals surface area contributed by atoms with Crippen LogP contribution in [0.3, 0.4) is 0 Å². The zero-order chi connectivity index (χ0) is 8.69. The van der Waals surface area contributed by atoms with Crippen LogP contribution < -0.4 is 11.1 Å². The highest BCUT2D eigenvalue weighted by atomic mass is 32.2. The largest absolute Gasteiger partial charge is 0.329 e. The van der Waals surface area contributed by atoms with Crippen molar-refractivity contribution in [3.05, 3.63) is 0 Å². The van der Waals surface area contributed by atoms with E-state index in [-0.39, 0.29) is 0 Å². The molecule has 3 N–H and O–H groups in total. The van der Waals surface area contributed by atoms with Gasteiger partial charge in [-0.05, 0) is 26.1 Å². The summed E-state index contributed by atoms with van der Waals surface area (Å²) in [6.07, 6.45) is 3.38. The average Bonchev–Trinajstić information content (AvgIpc) is 2.04. The van der Waals surface area contributed by atoms with Crippen molar-refractivity contribution in [1.82, 2.24) is 5.32 Å². The first-order valence-electron chi connectivity index (χ1n) is 4.17. The molecule has 0 fully saturated rings. The first kappa shape index (κ1) is 11.3. The maximum Gasteiger partial charge on any atom is 0.0161 e. The summed E-state index contributed by atoms with van der Waals surface area (Å²) in [6.45, 7) is 6.18. The molecule has 2 unspecified atom stereocenters. The number of hydrogen-bond acceptors (Lipinski definition) is 3. The molecule has 11 heavy (non-hydrogen) atoms. The molecule has 0 radical (unpaired) electrons. The molecule has 0 aromatic carbocycles. The second-order valence-corrected chi connectivity index (χ2v) is 4.20. The monoisotopic (exact) mass is 176 g/mol. The van der Waals surface area contributed by atoms with Crippen molar-refractivity contribution in [2.24, 2.45) is 5.73 Å². The summed E-state index contributed by atoms with van der Waals surface area (Å²) in [5.41, 5.74) is 5.45. The first-order chi connectivity index (χ1) is 5.20. The summed E-state index contributed by atoms with van der Waals surface area (Å²) in [5, 5.41) is 4.12. The predicted octanol–water partition coefficient (Wildman–Crippen LogP) is 1.06. The molecule has 3 heteroatoms. The third kappa shape index (κ3) is 6.66. The molecule has 68 valence electrons. The van der Waals surface area contributed by atoms with Crippen molar-refractivity contribution in [2.45, 2.75) is 31.6 Å². The Balaban J connectivity index is 3.13. The van der Waals surface area contributed by atoms with Gasteiger partial charge in [0.25, 0.3) is 0 Å². The van der Waals surface area contributed by atoms with E-state index in [0.717, 1.165) is 18.3 Å². The van der Waals surface area contributed by atoms with Crippen LogP contribution in [0, 0.1) is 0 Å². The van der Waals surface area contributed by atoms with Crippen LogP contribution in [0.2, 0.25) is 0 Å². The molecule has 0 aliphatic heterocycles. The number of thioether (sulfide) groups is 1. The highest BCUT2D eigenvalue weighted by Crippen LogP contribution is 2.07. The lowest BCUT2D eigenvalue weighted by Gasteiger charge is -2.13. The Kier molecular flexibility index (Phi) is 7.12. The maximum absolute atomic E-state index is 5.45. The number of hydrogen-bond donors (Lipinski definition) is 2. The van der Waals surface area contributed by atoms with Crippen molar-refractivity contribution in [2.75, 3.05) is 19.3 Å². The highest BCUT2D eigenvalue weighted by molar-refractivity contribution is 7.99. The Bertz CT molecular complexity index is 78.2. The van der Waals surface area contributed by atoms with Crippen LogP contribution in [0.15, 0.2) is 0 Å². The standard InChI is InChI=1S/C8H20N2S/c1-7(6-9)10-5-4-8(2)11-3/h7-8,10H,4-6,9H2,1-3H3. The van der Waals surface area contributed by atoms with Gasteiger partial charge in [0.2, 0.25) is 0 Å². The van der Waals surface area contributed by atoms with Crippen molar-refractivity contribution in [3.63, 3.8) is 0 Å². The number of nitrogens with two attached hydrogens (primary N) is 1. The Morgan fingerprint density at radius 3 is 2.55 bits per heavy atom. The zero-order valence-electron chi connectivity index (χ0n) is 7.76. The highest BCUT2D eigenvalue weighted by Gasteiger charge is 2.00. The van der Waals surface area contributed by atoms with Crippen molar-refractivity contribution >= 4 is 11.8 Å². The molecule has 0 amide bonds. The predicted molar refractivity (Wildman–Crippen MR) is 54.1 cm³/mol. The Labute approximate surface area is 74.3 Å². The Hall–Kier alpha value is 0.270.